The van der Waals surface area contributed by atoms with E-state index in [2.05, 4.69) is 36.5 Å². The lowest BCUT2D eigenvalue weighted by Gasteiger charge is -2.11. The first-order valence-electron chi connectivity index (χ1n) is 12.5. The topological polar surface area (TPSA) is 56.7 Å². The van der Waals surface area contributed by atoms with Crippen LogP contribution in [0.4, 0.5) is 0 Å². The summed E-state index contributed by atoms with van der Waals surface area (Å²) in [5.41, 5.74) is 6.00. The Labute approximate surface area is 218 Å². The number of para-hydroxylation sites is 1. The Morgan fingerprint density at radius 2 is 1.21 bits per heavy atom. The number of nitrogens with zero attached hydrogens (tertiary/aromatic N) is 4. The van der Waals surface area contributed by atoms with E-state index in [4.69, 9.17) is 19.4 Å². The Balaban J connectivity index is 1.35. The van der Waals surface area contributed by atoms with Crippen LogP contribution >= 0.6 is 0 Å². The summed E-state index contributed by atoms with van der Waals surface area (Å²) in [4.78, 5) is 14.6. The van der Waals surface area contributed by atoms with Gasteiger partial charge in [0.25, 0.3) is 0 Å². The van der Waals surface area contributed by atoms with Crippen LogP contribution in [0.3, 0.4) is 0 Å². The highest BCUT2D eigenvalue weighted by atomic mass is 16.3. The fourth-order valence-electron chi connectivity index (χ4n) is 5.20. The zero-order valence-electron chi connectivity index (χ0n) is 20.2. The van der Waals surface area contributed by atoms with E-state index < -0.39 is 0 Å². The molecule has 0 N–H and O–H groups in total. The molecule has 2 aromatic heterocycles. The van der Waals surface area contributed by atoms with Crippen LogP contribution in [0.5, 0.6) is 0 Å². The Morgan fingerprint density at radius 3 is 1.95 bits per heavy atom. The Morgan fingerprint density at radius 1 is 0.526 bits per heavy atom. The smallest absolute Gasteiger partial charge is 0.237 e. The van der Waals surface area contributed by atoms with Crippen LogP contribution in [0.1, 0.15) is 0 Å². The predicted octanol–water partition coefficient (Wildman–Crippen LogP) is 8.15. The number of aromatic nitrogens is 4. The molecule has 0 amide bonds. The fourth-order valence-corrected chi connectivity index (χ4v) is 5.20. The maximum atomic E-state index is 6.13. The van der Waals surface area contributed by atoms with Crippen LogP contribution in [0.15, 0.2) is 126 Å². The summed E-state index contributed by atoms with van der Waals surface area (Å²) in [5.74, 6) is 1.85. The van der Waals surface area contributed by atoms with Gasteiger partial charge in [-0.15, -0.1) is 0 Å². The Kier molecular flexibility index (Phi) is 4.45. The van der Waals surface area contributed by atoms with Crippen molar-refractivity contribution in [3.05, 3.63) is 122 Å². The molecule has 38 heavy (non-hydrogen) atoms. The Hall–Kier alpha value is -5.29. The minimum absolute atomic E-state index is 0.573. The van der Waals surface area contributed by atoms with Crippen molar-refractivity contribution in [2.24, 2.45) is 0 Å². The standard InChI is InChI=1S/C33H20N4O/c1-3-9-21(10-4-1)31-34-32(22-11-5-2-6-12-22)36-33(35-31)37-16-15-23-17-24-18-30-27(19-26(24)28(23)20-37)25-13-7-8-14-29(25)38-30/h1-20H. The summed E-state index contributed by atoms with van der Waals surface area (Å²) in [6, 6.07) is 36.9. The van der Waals surface area contributed by atoms with Crippen LogP contribution in [-0.4, -0.2) is 19.5 Å². The molecule has 5 heteroatoms. The monoisotopic (exact) mass is 488 g/mol. The van der Waals surface area contributed by atoms with Gasteiger partial charge >= 0.3 is 0 Å². The molecule has 178 valence electrons. The average molecular weight is 489 g/mol. The van der Waals surface area contributed by atoms with Crippen molar-refractivity contribution in [2.75, 3.05) is 0 Å². The van der Waals surface area contributed by atoms with Crippen molar-refractivity contribution >= 4 is 32.7 Å². The molecule has 2 aliphatic rings. The average Bonchev–Trinajstić information content (AvgIpc) is 3.53. The van der Waals surface area contributed by atoms with Gasteiger partial charge in [0, 0.05) is 39.9 Å². The van der Waals surface area contributed by atoms with E-state index in [1.165, 1.54) is 5.39 Å². The van der Waals surface area contributed by atoms with E-state index >= 15 is 0 Å². The third-order valence-electron chi connectivity index (χ3n) is 7.06. The van der Waals surface area contributed by atoms with Crippen molar-refractivity contribution < 1.29 is 4.42 Å². The minimum atomic E-state index is 0.573. The second kappa shape index (κ2) is 8.11. The first kappa shape index (κ1) is 20.9. The van der Waals surface area contributed by atoms with Gasteiger partial charge in [-0.1, -0.05) is 78.9 Å². The summed E-state index contributed by atoms with van der Waals surface area (Å²) in [6.07, 6.45) is 4.13. The van der Waals surface area contributed by atoms with Gasteiger partial charge in [0.05, 0.1) is 0 Å². The summed E-state index contributed by atoms with van der Waals surface area (Å²) in [6.45, 7) is 0. The second-order valence-electron chi connectivity index (χ2n) is 9.41. The van der Waals surface area contributed by atoms with Crippen molar-refractivity contribution in [1.82, 2.24) is 19.5 Å². The van der Waals surface area contributed by atoms with E-state index in [1.54, 1.807) is 0 Å². The largest absolute Gasteiger partial charge is 0.456 e. The van der Waals surface area contributed by atoms with E-state index in [9.17, 15) is 0 Å². The Bertz CT molecular complexity index is 2020. The van der Waals surface area contributed by atoms with Gasteiger partial charge in [-0.2, -0.15) is 9.97 Å². The van der Waals surface area contributed by atoms with Crippen molar-refractivity contribution in [3.8, 4) is 39.9 Å². The number of furan rings is 1. The first-order chi connectivity index (χ1) is 18.8. The van der Waals surface area contributed by atoms with Crippen LogP contribution in [0.2, 0.25) is 0 Å². The fraction of sp³-hybridized carbons (Fsp3) is 0. The SMILES string of the molecule is c1ccc(-c2nc(-c3ccccc3)nc(-n3ccc4cc5cc6oc7ccccc7c6cc5c-4c3)n2)cc1. The van der Waals surface area contributed by atoms with Gasteiger partial charge < -0.3 is 4.42 Å². The highest BCUT2D eigenvalue weighted by Gasteiger charge is 2.17. The van der Waals surface area contributed by atoms with E-state index in [1.807, 2.05) is 89.6 Å². The molecule has 5 nitrogen and oxygen atoms in total. The molecule has 0 spiro atoms. The number of fused-ring (bicyclic) bond motifs is 6. The molecule has 0 fully saturated rings. The molecule has 1 aliphatic heterocycles. The second-order valence-corrected chi connectivity index (χ2v) is 9.41. The van der Waals surface area contributed by atoms with Crippen LogP contribution in [-0.2, 0) is 0 Å². The lowest BCUT2D eigenvalue weighted by Crippen LogP contribution is -2.06. The van der Waals surface area contributed by atoms with Gasteiger partial charge in [0.15, 0.2) is 11.6 Å². The van der Waals surface area contributed by atoms with Crippen molar-refractivity contribution in [1.29, 1.82) is 0 Å². The third kappa shape index (κ3) is 3.29. The van der Waals surface area contributed by atoms with Gasteiger partial charge in [-0.3, -0.25) is 4.57 Å². The lowest BCUT2D eigenvalue weighted by molar-refractivity contribution is 0.669. The van der Waals surface area contributed by atoms with E-state index in [-0.39, 0.29) is 0 Å². The summed E-state index contributed by atoms with van der Waals surface area (Å²) < 4.78 is 8.11. The normalized spacial score (nSPS) is 11.7. The molecular weight excluding hydrogens is 468 g/mol. The number of hydrogen-bond donors (Lipinski definition) is 0. The maximum Gasteiger partial charge on any atom is 0.237 e. The highest BCUT2D eigenvalue weighted by molar-refractivity contribution is 6.14. The summed E-state index contributed by atoms with van der Waals surface area (Å²) >= 11 is 0. The number of benzene rings is 4. The molecule has 1 aliphatic carbocycles. The molecule has 0 bridgehead atoms. The number of rotatable bonds is 3. The van der Waals surface area contributed by atoms with Crippen LogP contribution < -0.4 is 0 Å². The lowest BCUT2D eigenvalue weighted by atomic mass is 10.1. The van der Waals surface area contributed by atoms with Gasteiger partial charge in [0.2, 0.25) is 5.95 Å². The number of hydrogen-bond acceptors (Lipinski definition) is 4. The highest BCUT2D eigenvalue weighted by Crippen LogP contribution is 2.39. The van der Waals surface area contributed by atoms with Crippen molar-refractivity contribution in [2.45, 2.75) is 0 Å². The minimum Gasteiger partial charge on any atom is -0.456 e. The number of pyridine rings is 1. The summed E-state index contributed by atoms with van der Waals surface area (Å²) in [5, 5.41) is 4.57. The first-order valence-corrected chi connectivity index (χ1v) is 12.5. The molecule has 0 radical (unpaired) electrons. The molecule has 0 saturated heterocycles. The van der Waals surface area contributed by atoms with Gasteiger partial charge in [0.1, 0.15) is 11.2 Å². The molecule has 4 aromatic carbocycles. The zero-order valence-corrected chi connectivity index (χ0v) is 20.2. The quantitative estimate of drug-likeness (QED) is 0.252. The van der Waals surface area contributed by atoms with Gasteiger partial charge in [-0.05, 0) is 46.7 Å². The van der Waals surface area contributed by atoms with Crippen LogP contribution in [0.25, 0.3) is 72.6 Å². The van der Waals surface area contributed by atoms with Crippen LogP contribution in [0, 0.1) is 0 Å². The molecule has 0 saturated carbocycles. The van der Waals surface area contributed by atoms with Crippen molar-refractivity contribution in [3.63, 3.8) is 0 Å². The van der Waals surface area contributed by atoms with Gasteiger partial charge in [-0.25, -0.2) is 4.98 Å². The molecule has 0 atom stereocenters. The molecule has 6 aromatic rings. The summed E-state index contributed by atoms with van der Waals surface area (Å²) in [7, 11) is 0. The molecule has 8 rings (SSSR count). The predicted molar refractivity (Wildman–Crippen MR) is 151 cm³/mol. The molecular formula is C33H20N4O. The van der Waals surface area contributed by atoms with E-state index in [0.717, 1.165) is 49.6 Å². The zero-order chi connectivity index (χ0) is 25.1. The maximum absolute atomic E-state index is 6.13. The molecule has 0 unspecified atom stereocenters. The van der Waals surface area contributed by atoms with E-state index in [0.29, 0.717) is 17.6 Å². The third-order valence-corrected chi connectivity index (χ3v) is 7.06. The molecule has 3 heterocycles.